The number of aromatic nitrogens is 1. The van der Waals surface area contributed by atoms with Crippen molar-refractivity contribution in [1.29, 1.82) is 0 Å². The standard InChI is InChI=1S/C15H16N2O3S/c18-13(17-15-16-9-11-21-15)6-7-14(19)20-10-8-12-4-2-1-3-5-12/h1-5,9,11H,6-8,10H2,(H,16,17,18). The highest BCUT2D eigenvalue weighted by Gasteiger charge is 2.09. The predicted octanol–water partition coefficient (Wildman–Crippen LogP) is 2.65. The van der Waals surface area contributed by atoms with Gasteiger partial charge >= 0.3 is 5.97 Å². The molecule has 2 rings (SSSR count). The lowest BCUT2D eigenvalue weighted by atomic mass is 10.2. The highest BCUT2D eigenvalue weighted by atomic mass is 32.1. The molecule has 110 valence electrons. The largest absolute Gasteiger partial charge is 0.465 e. The van der Waals surface area contributed by atoms with E-state index in [1.54, 1.807) is 11.6 Å². The van der Waals surface area contributed by atoms with E-state index in [1.807, 2.05) is 30.3 Å². The predicted molar refractivity (Wildman–Crippen MR) is 81.1 cm³/mol. The van der Waals surface area contributed by atoms with Crippen LogP contribution in [0.1, 0.15) is 18.4 Å². The summed E-state index contributed by atoms with van der Waals surface area (Å²) in [6, 6.07) is 9.79. The summed E-state index contributed by atoms with van der Waals surface area (Å²) in [6.45, 7) is 0.330. The zero-order valence-electron chi connectivity index (χ0n) is 11.5. The molecule has 0 atom stereocenters. The molecule has 1 N–H and O–H groups in total. The molecule has 1 heterocycles. The minimum atomic E-state index is -0.361. The smallest absolute Gasteiger partial charge is 0.306 e. The number of rotatable bonds is 7. The topological polar surface area (TPSA) is 68.3 Å². The van der Waals surface area contributed by atoms with Crippen LogP contribution < -0.4 is 5.32 Å². The van der Waals surface area contributed by atoms with E-state index in [0.29, 0.717) is 18.2 Å². The molecular weight excluding hydrogens is 288 g/mol. The Morgan fingerprint density at radius 1 is 1.19 bits per heavy atom. The van der Waals surface area contributed by atoms with Gasteiger partial charge in [-0.15, -0.1) is 11.3 Å². The van der Waals surface area contributed by atoms with E-state index >= 15 is 0 Å². The number of nitrogens with zero attached hydrogens (tertiary/aromatic N) is 1. The number of ether oxygens (including phenoxy) is 1. The number of esters is 1. The quantitative estimate of drug-likeness (QED) is 0.798. The molecule has 5 nitrogen and oxygen atoms in total. The summed E-state index contributed by atoms with van der Waals surface area (Å²) in [5.74, 6) is -0.592. The third-order valence-corrected chi connectivity index (χ3v) is 3.42. The fourth-order valence-corrected chi connectivity index (χ4v) is 2.23. The molecule has 0 aliphatic rings. The maximum Gasteiger partial charge on any atom is 0.306 e. The van der Waals surface area contributed by atoms with Crippen molar-refractivity contribution in [3.63, 3.8) is 0 Å². The van der Waals surface area contributed by atoms with E-state index in [-0.39, 0.29) is 24.7 Å². The number of hydrogen-bond donors (Lipinski definition) is 1. The van der Waals surface area contributed by atoms with Gasteiger partial charge in [-0.3, -0.25) is 9.59 Å². The van der Waals surface area contributed by atoms with Gasteiger partial charge in [0.25, 0.3) is 0 Å². The normalized spacial score (nSPS) is 10.1. The first-order valence-electron chi connectivity index (χ1n) is 6.63. The third-order valence-electron chi connectivity index (χ3n) is 2.73. The molecule has 21 heavy (non-hydrogen) atoms. The molecule has 0 unspecified atom stereocenters. The van der Waals surface area contributed by atoms with E-state index in [1.165, 1.54) is 11.3 Å². The number of nitrogens with one attached hydrogen (secondary N) is 1. The van der Waals surface area contributed by atoms with Gasteiger partial charge in [0.2, 0.25) is 5.91 Å². The van der Waals surface area contributed by atoms with E-state index in [9.17, 15) is 9.59 Å². The zero-order chi connectivity index (χ0) is 14.9. The van der Waals surface area contributed by atoms with Crippen LogP contribution in [0.5, 0.6) is 0 Å². The third kappa shape index (κ3) is 5.74. The Hall–Kier alpha value is -2.21. The molecule has 0 fully saturated rings. The maximum atomic E-state index is 11.6. The molecule has 1 aromatic carbocycles. The monoisotopic (exact) mass is 304 g/mol. The fraction of sp³-hybridized carbons (Fsp3) is 0.267. The average Bonchev–Trinajstić information content (AvgIpc) is 2.99. The van der Waals surface area contributed by atoms with Crippen molar-refractivity contribution in [2.75, 3.05) is 11.9 Å². The van der Waals surface area contributed by atoms with Gasteiger partial charge in [-0.2, -0.15) is 0 Å². The molecular formula is C15H16N2O3S. The van der Waals surface area contributed by atoms with Crippen molar-refractivity contribution in [2.24, 2.45) is 0 Å². The van der Waals surface area contributed by atoms with Crippen LogP contribution in [0.2, 0.25) is 0 Å². The van der Waals surface area contributed by atoms with Crippen LogP contribution in [0.3, 0.4) is 0 Å². The maximum absolute atomic E-state index is 11.6. The molecule has 0 aliphatic carbocycles. The van der Waals surface area contributed by atoms with Crippen LogP contribution in [0.25, 0.3) is 0 Å². The van der Waals surface area contributed by atoms with Crippen LogP contribution in [0.4, 0.5) is 5.13 Å². The van der Waals surface area contributed by atoms with E-state index in [2.05, 4.69) is 10.3 Å². The number of amides is 1. The highest BCUT2D eigenvalue weighted by Crippen LogP contribution is 2.10. The van der Waals surface area contributed by atoms with Crippen LogP contribution in [0, 0.1) is 0 Å². The molecule has 0 saturated carbocycles. The second-order valence-corrected chi connectivity index (χ2v) is 5.24. The molecule has 1 amide bonds. The van der Waals surface area contributed by atoms with Gasteiger partial charge in [0.15, 0.2) is 5.13 Å². The van der Waals surface area contributed by atoms with Gasteiger partial charge in [0, 0.05) is 24.4 Å². The van der Waals surface area contributed by atoms with Gasteiger partial charge in [0.05, 0.1) is 13.0 Å². The lowest BCUT2D eigenvalue weighted by Crippen LogP contribution is -2.15. The molecule has 0 spiro atoms. The molecule has 0 aliphatic heterocycles. The van der Waals surface area contributed by atoms with Crippen molar-refractivity contribution >= 4 is 28.3 Å². The summed E-state index contributed by atoms with van der Waals surface area (Å²) in [7, 11) is 0. The number of carbonyl (C=O) groups is 2. The number of carbonyl (C=O) groups excluding carboxylic acids is 2. The summed E-state index contributed by atoms with van der Waals surface area (Å²) in [6.07, 6.45) is 2.46. The molecule has 2 aromatic rings. The van der Waals surface area contributed by atoms with Gasteiger partial charge < -0.3 is 10.1 Å². The Morgan fingerprint density at radius 2 is 2.00 bits per heavy atom. The van der Waals surface area contributed by atoms with E-state index in [0.717, 1.165) is 5.56 Å². The van der Waals surface area contributed by atoms with Crippen molar-refractivity contribution in [3.05, 3.63) is 47.5 Å². The van der Waals surface area contributed by atoms with E-state index < -0.39 is 0 Å². The van der Waals surface area contributed by atoms with Crippen LogP contribution in [-0.2, 0) is 20.7 Å². The molecule has 0 saturated heterocycles. The Labute approximate surface area is 127 Å². The minimum Gasteiger partial charge on any atom is -0.465 e. The number of benzene rings is 1. The van der Waals surface area contributed by atoms with Gasteiger partial charge in [-0.1, -0.05) is 30.3 Å². The Balaban J connectivity index is 1.60. The van der Waals surface area contributed by atoms with Crippen molar-refractivity contribution < 1.29 is 14.3 Å². The fourth-order valence-electron chi connectivity index (χ4n) is 1.68. The highest BCUT2D eigenvalue weighted by molar-refractivity contribution is 7.13. The Morgan fingerprint density at radius 3 is 2.71 bits per heavy atom. The van der Waals surface area contributed by atoms with Crippen molar-refractivity contribution in [3.8, 4) is 0 Å². The molecule has 6 heteroatoms. The molecule has 0 bridgehead atoms. The first-order chi connectivity index (χ1) is 10.2. The lowest BCUT2D eigenvalue weighted by Gasteiger charge is -2.05. The van der Waals surface area contributed by atoms with Gasteiger partial charge in [0.1, 0.15) is 0 Å². The summed E-state index contributed by atoms with van der Waals surface area (Å²) in [4.78, 5) is 27.0. The summed E-state index contributed by atoms with van der Waals surface area (Å²) in [5.41, 5.74) is 1.12. The average molecular weight is 304 g/mol. The first kappa shape index (κ1) is 15.2. The second-order valence-electron chi connectivity index (χ2n) is 4.34. The van der Waals surface area contributed by atoms with Crippen LogP contribution >= 0.6 is 11.3 Å². The van der Waals surface area contributed by atoms with Gasteiger partial charge in [-0.25, -0.2) is 4.98 Å². The Kier molecular flexibility index (Phi) is 5.90. The molecule has 0 radical (unpaired) electrons. The molecule has 1 aromatic heterocycles. The van der Waals surface area contributed by atoms with Crippen molar-refractivity contribution in [1.82, 2.24) is 4.98 Å². The number of anilines is 1. The summed E-state index contributed by atoms with van der Waals surface area (Å²) < 4.78 is 5.10. The van der Waals surface area contributed by atoms with Crippen molar-refractivity contribution in [2.45, 2.75) is 19.3 Å². The summed E-state index contributed by atoms with van der Waals surface area (Å²) >= 11 is 1.34. The summed E-state index contributed by atoms with van der Waals surface area (Å²) in [5, 5.41) is 4.93. The first-order valence-corrected chi connectivity index (χ1v) is 7.51. The number of thiazole rings is 1. The van der Waals surface area contributed by atoms with Crippen LogP contribution in [-0.4, -0.2) is 23.5 Å². The SMILES string of the molecule is O=C(CCC(=O)OCCc1ccccc1)Nc1nccs1. The second kappa shape index (κ2) is 8.16. The van der Waals surface area contributed by atoms with Gasteiger partial charge in [-0.05, 0) is 5.56 Å². The minimum absolute atomic E-state index is 0.0754. The lowest BCUT2D eigenvalue weighted by molar-refractivity contribution is -0.144. The Bertz CT molecular complexity index is 570. The zero-order valence-corrected chi connectivity index (χ0v) is 12.3. The van der Waals surface area contributed by atoms with E-state index in [4.69, 9.17) is 4.74 Å². The van der Waals surface area contributed by atoms with Crippen LogP contribution in [0.15, 0.2) is 41.9 Å². The number of hydrogen-bond acceptors (Lipinski definition) is 5.